The van der Waals surface area contributed by atoms with Gasteiger partial charge in [0.15, 0.2) is 0 Å². The molecule has 1 aliphatic heterocycles. The van der Waals surface area contributed by atoms with Crippen LogP contribution < -0.4 is 10.6 Å². The van der Waals surface area contributed by atoms with Crippen LogP contribution in [0.4, 0.5) is 5.00 Å². The van der Waals surface area contributed by atoms with Crippen LogP contribution in [0.5, 0.6) is 0 Å². The molecule has 3 N–H and O–H groups in total. The molecule has 2 fully saturated rings. The smallest absolute Gasteiger partial charge is 0.338 e. The van der Waals surface area contributed by atoms with Crippen LogP contribution in [0.1, 0.15) is 74.5 Å². The highest BCUT2D eigenvalue weighted by Crippen LogP contribution is 2.38. The number of nitrogens with two attached hydrogens (primary N) is 1. The van der Waals surface area contributed by atoms with E-state index in [2.05, 4.69) is 18.8 Å². The highest BCUT2D eigenvalue weighted by Gasteiger charge is 2.36. The third-order valence-corrected chi connectivity index (χ3v) is 6.88. The summed E-state index contributed by atoms with van der Waals surface area (Å²) in [5.41, 5.74) is 5.42. The van der Waals surface area contributed by atoms with Crippen LogP contribution in [0.25, 0.3) is 0 Å². The van der Waals surface area contributed by atoms with Gasteiger partial charge < -0.3 is 15.6 Å². The van der Waals surface area contributed by atoms with Crippen LogP contribution in [0, 0.1) is 23.7 Å². The first kappa shape index (κ1) is 22.8. The molecule has 0 radical (unpaired) electrons. The molecule has 1 saturated heterocycles. The minimum Gasteiger partial charge on any atom is -0.478 e. The van der Waals surface area contributed by atoms with E-state index in [1.165, 1.54) is 11.3 Å². The second kappa shape index (κ2) is 9.51. The Morgan fingerprint density at radius 2 is 1.83 bits per heavy atom. The first-order valence-electron chi connectivity index (χ1n) is 10.8. The first-order valence-corrected chi connectivity index (χ1v) is 11.6. The van der Waals surface area contributed by atoms with Crippen LogP contribution >= 0.6 is 11.3 Å². The topological polar surface area (TPSA) is 92.9 Å². The van der Waals surface area contributed by atoms with Gasteiger partial charge in [-0.25, -0.2) is 4.79 Å². The van der Waals surface area contributed by atoms with Crippen LogP contribution in [-0.4, -0.2) is 41.8 Å². The molecule has 164 valence electrons. The molecular formula is C23H32N2O4S. The summed E-state index contributed by atoms with van der Waals surface area (Å²) in [6.07, 6.45) is 5.22. The zero-order chi connectivity index (χ0) is 21.9. The number of aromatic carboxylic acids is 1. The average Bonchev–Trinajstić information content (AvgIpc) is 3.12. The maximum atomic E-state index is 13.6. The van der Waals surface area contributed by atoms with Gasteiger partial charge >= 0.3 is 5.97 Å². The highest BCUT2D eigenvalue weighted by molar-refractivity contribution is 7.17. The number of anilines is 1. The summed E-state index contributed by atoms with van der Waals surface area (Å²) in [7, 11) is 0. The lowest BCUT2D eigenvalue weighted by molar-refractivity contribution is -0.124. The third-order valence-electron chi connectivity index (χ3n) is 5.83. The van der Waals surface area contributed by atoms with E-state index in [9.17, 15) is 14.7 Å². The number of nitrogens with zero attached hydrogens (tertiary/aromatic N) is 1. The predicted octanol–water partition coefficient (Wildman–Crippen LogP) is 3.87. The number of ether oxygens (including phenoxy) is 1. The van der Waals surface area contributed by atoms with Crippen molar-refractivity contribution in [3.05, 3.63) is 16.5 Å². The van der Waals surface area contributed by atoms with Gasteiger partial charge in [0.05, 0.1) is 16.0 Å². The summed E-state index contributed by atoms with van der Waals surface area (Å²) in [4.78, 5) is 28.1. The van der Waals surface area contributed by atoms with E-state index in [0.717, 1.165) is 25.7 Å². The number of thiophene rings is 1. The van der Waals surface area contributed by atoms with E-state index >= 15 is 0 Å². The molecule has 3 rings (SSSR count). The van der Waals surface area contributed by atoms with E-state index in [1.54, 1.807) is 24.8 Å². The Morgan fingerprint density at radius 1 is 1.20 bits per heavy atom. The van der Waals surface area contributed by atoms with Crippen molar-refractivity contribution in [1.29, 1.82) is 0 Å². The molecule has 7 heteroatoms. The molecule has 0 aromatic carbocycles. The number of carbonyl (C=O) groups excluding carboxylic acids is 1. The number of carboxylic acid groups (broad SMARTS) is 1. The van der Waals surface area contributed by atoms with Gasteiger partial charge in [-0.15, -0.1) is 11.3 Å². The molecule has 0 unspecified atom stereocenters. The van der Waals surface area contributed by atoms with Crippen LogP contribution in [-0.2, 0) is 9.53 Å². The highest BCUT2D eigenvalue weighted by atomic mass is 32.1. The standard InChI is InChI=1S/C23H32N2O4S/c1-15-4-6-16(7-5-15)20(26)25(17-9-12-29-13-10-17)21-19(22(27)28)14-18(30-21)8-11-23(2,3)24/h14-17H,4-7,9-10,12-13,24H2,1-3H3,(H,27,28). The fourth-order valence-electron chi connectivity index (χ4n) is 4.09. The molecule has 2 aliphatic rings. The van der Waals surface area contributed by atoms with E-state index < -0.39 is 11.5 Å². The number of hydrogen-bond acceptors (Lipinski definition) is 5. The van der Waals surface area contributed by atoms with Crippen LogP contribution in [0.2, 0.25) is 0 Å². The molecule has 1 saturated carbocycles. The van der Waals surface area contributed by atoms with Crippen molar-refractivity contribution in [3.63, 3.8) is 0 Å². The van der Waals surface area contributed by atoms with Crippen molar-refractivity contribution < 1.29 is 19.4 Å². The molecule has 0 spiro atoms. The Balaban J connectivity index is 1.99. The Morgan fingerprint density at radius 3 is 2.40 bits per heavy atom. The molecule has 30 heavy (non-hydrogen) atoms. The zero-order valence-corrected chi connectivity index (χ0v) is 18.9. The van der Waals surface area contributed by atoms with Crippen molar-refractivity contribution in [2.45, 2.75) is 70.9 Å². The van der Waals surface area contributed by atoms with Crippen molar-refractivity contribution in [1.82, 2.24) is 0 Å². The molecular weight excluding hydrogens is 400 g/mol. The summed E-state index contributed by atoms with van der Waals surface area (Å²) in [6.45, 7) is 6.99. The van der Waals surface area contributed by atoms with Gasteiger partial charge in [-0.1, -0.05) is 18.8 Å². The van der Waals surface area contributed by atoms with Gasteiger partial charge in [0, 0.05) is 25.2 Å². The maximum Gasteiger partial charge on any atom is 0.338 e. The Bertz CT molecular complexity index is 832. The van der Waals surface area contributed by atoms with E-state index in [-0.39, 0.29) is 23.4 Å². The fourth-order valence-corrected chi connectivity index (χ4v) is 5.17. The molecule has 2 heterocycles. The predicted molar refractivity (Wildman–Crippen MR) is 119 cm³/mol. The van der Waals surface area contributed by atoms with Crippen LogP contribution in [0.3, 0.4) is 0 Å². The Labute approximate surface area is 182 Å². The summed E-state index contributed by atoms with van der Waals surface area (Å²) < 4.78 is 5.50. The molecule has 0 atom stereocenters. The number of rotatable bonds is 4. The van der Waals surface area contributed by atoms with Crippen molar-refractivity contribution in [2.75, 3.05) is 18.1 Å². The van der Waals surface area contributed by atoms with Gasteiger partial charge in [0.2, 0.25) is 5.91 Å². The van der Waals surface area contributed by atoms with Gasteiger partial charge in [-0.05, 0) is 64.4 Å². The average molecular weight is 433 g/mol. The molecule has 1 aromatic rings. The van der Waals surface area contributed by atoms with E-state index in [4.69, 9.17) is 10.5 Å². The lowest BCUT2D eigenvalue weighted by atomic mass is 9.82. The summed E-state index contributed by atoms with van der Waals surface area (Å²) in [5.74, 6) is 5.56. The summed E-state index contributed by atoms with van der Waals surface area (Å²) in [6, 6.07) is 1.53. The Hall–Kier alpha value is -1.88. The second-order valence-electron chi connectivity index (χ2n) is 9.11. The molecule has 1 amide bonds. The fraction of sp³-hybridized carbons (Fsp3) is 0.652. The first-order chi connectivity index (χ1) is 14.2. The second-order valence-corrected chi connectivity index (χ2v) is 10.1. The molecule has 1 aliphatic carbocycles. The number of hydrogen-bond donors (Lipinski definition) is 2. The van der Waals surface area contributed by atoms with Crippen molar-refractivity contribution in [3.8, 4) is 11.8 Å². The van der Waals surface area contributed by atoms with E-state index in [0.29, 0.717) is 41.9 Å². The molecule has 1 aromatic heterocycles. The Kier molecular flexibility index (Phi) is 7.22. The number of carbonyl (C=O) groups is 2. The minimum atomic E-state index is -1.04. The van der Waals surface area contributed by atoms with Gasteiger partial charge in [0.25, 0.3) is 0 Å². The lowest BCUT2D eigenvalue weighted by Crippen LogP contribution is -2.47. The number of carboxylic acids is 1. The molecule has 6 nitrogen and oxygen atoms in total. The summed E-state index contributed by atoms with van der Waals surface area (Å²) >= 11 is 1.28. The van der Waals surface area contributed by atoms with Crippen molar-refractivity contribution in [2.24, 2.45) is 17.6 Å². The summed E-state index contributed by atoms with van der Waals surface area (Å²) in [5, 5.41) is 10.3. The maximum absolute atomic E-state index is 13.6. The third kappa shape index (κ3) is 5.63. The monoisotopic (exact) mass is 432 g/mol. The quantitative estimate of drug-likeness (QED) is 0.705. The lowest BCUT2D eigenvalue weighted by Gasteiger charge is -2.37. The minimum absolute atomic E-state index is 0.0471. The van der Waals surface area contributed by atoms with E-state index in [1.807, 2.05) is 0 Å². The zero-order valence-electron chi connectivity index (χ0n) is 18.1. The normalized spacial score (nSPS) is 22.8. The van der Waals surface area contributed by atoms with Gasteiger partial charge in [-0.2, -0.15) is 0 Å². The molecule has 0 bridgehead atoms. The van der Waals surface area contributed by atoms with Crippen LogP contribution in [0.15, 0.2) is 6.07 Å². The van der Waals surface area contributed by atoms with Gasteiger partial charge in [0.1, 0.15) is 5.00 Å². The SMILES string of the molecule is CC1CCC(C(=O)N(c2sc(C#CC(C)(C)N)cc2C(=O)O)C2CCOCC2)CC1. The number of amides is 1. The van der Waals surface area contributed by atoms with Gasteiger partial charge in [-0.3, -0.25) is 9.69 Å². The van der Waals surface area contributed by atoms with Crippen molar-refractivity contribution >= 4 is 28.2 Å². The largest absolute Gasteiger partial charge is 0.478 e.